The summed E-state index contributed by atoms with van der Waals surface area (Å²) in [7, 11) is 0. The van der Waals surface area contributed by atoms with Crippen molar-refractivity contribution >= 4 is 28.1 Å². The second-order valence-electron chi connectivity index (χ2n) is 9.49. The van der Waals surface area contributed by atoms with Gasteiger partial charge in [0.15, 0.2) is 0 Å². The third kappa shape index (κ3) is 4.42. The zero-order valence-corrected chi connectivity index (χ0v) is 20.8. The van der Waals surface area contributed by atoms with Gasteiger partial charge in [0, 0.05) is 60.8 Å². The van der Waals surface area contributed by atoms with Gasteiger partial charge in [-0.05, 0) is 63.8 Å². The van der Waals surface area contributed by atoms with Crippen LogP contribution in [0.3, 0.4) is 0 Å². The summed E-state index contributed by atoms with van der Waals surface area (Å²) in [5, 5.41) is 1.15. The van der Waals surface area contributed by atoms with Gasteiger partial charge in [-0.1, -0.05) is 12.1 Å². The molecule has 3 aromatic rings. The van der Waals surface area contributed by atoms with E-state index < -0.39 is 0 Å². The first-order valence-electron chi connectivity index (χ1n) is 12.7. The number of halogens is 1. The number of carbonyl (C=O) groups excluding carboxylic acids is 1. The number of hydrogen-bond donors (Lipinski definition) is 0. The molecular weight excluding hydrogens is 443 g/mol. The van der Waals surface area contributed by atoms with E-state index in [1.165, 1.54) is 18.1 Å². The van der Waals surface area contributed by atoms with Gasteiger partial charge in [0.05, 0.1) is 12.3 Å². The third-order valence-corrected chi connectivity index (χ3v) is 7.26. The van der Waals surface area contributed by atoms with Crippen LogP contribution >= 0.6 is 0 Å². The molecule has 6 heteroatoms. The van der Waals surface area contributed by atoms with Crippen molar-refractivity contribution in [2.45, 2.75) is 46.5 Å². The standard InChI is InChI=1S/C29H33FN2O3/c1-4-34-28-20(3)29-23(21-9-5-8-12-26(21)35-29)18-22(28)19(2)17-27(33)32-15-13-31(14-16-32)25-11-7-6-10-24(25)30/h6-7,10-11,17-18H,4-5,8-9,12-16H2,1-3H3/b19-17+. The molecule has 0 N–H and O–H groups in total. The first-order valence-corrected chi connectivity index (χ1v) is 12.7. The van der Waals surface area contributed by atoms with E-state index in [0.717, 1.165) is 58.4 Å². The molecule has 5 nitrogen and oxygen atoms in total. The molecule has 0 bridgehead atoms. The topological polar surface area (TPSA) is 45.9 Å². The fourth-order valence-corrected chi connectivity index (χ4v) is 5.39. The lowest BCUT2D eigenvalue weighted by Gasteiger charge is -2.35. The number of allylic oxidation sites excluding steroid dienone is 1. The predicted octanol–water partition coefficient (Wildman–Crippen LogP) is 5.91. The molecule has 0 spiro atoms. The van der Waals surface area contributed by atoms with E-state index in [1.54, 1.807) is 18.2 Å². The van der Waals surface area contributed by atoms with Gasteiger partial charge in [-0.3, -0.25) is 4.79 Å². The monoisotopic (exact) mass is 476 g/mol. The normalized spacial score (nSPS) is 16.5. The number of nitrogens with zero attached hydrogens (tertiary/aromatic N) is 2. The number of amides is 1. The summed E-state index contributed by atoms with van der Waals surface area (Å²) < 4.78 is 26.5. The Balaban J connectivity index is 1.40. The number of ether oxygens (including phenoxy) is 1. The second-order valence-corrected chi connectivity index (χ2v) is 9.49. The van der Waals surface area contributed by atoms with E-state index >= 15 is 0 Å². The number of hydrogen-bond acceptors (Lipinski definition) is 4. The third-order valence-electron chi connectivity index (χ3n) is 7.26. The molecule has 1 saturated heterocycles. The number of para-hydroxylation sites is 1. The highest BCUT2D eigenvalue weighted by atomic mass is 19.1. The maximum atomic E-state index is 14.2. The van der Waals surface area contributed by atoms with Crippen molar-refractivity contribution in [3.8, 4) is 5.75 Å². The van der Waals surface area contributed by atoms with Crippen LogP contribution in [-0.2, 0) is 17.6 Å². The highest BCUT2D eigenvalue weighted by Crippen LogP contribution is 2.41. The summed E-state index contributed by atoms with van der Waals surface area (Å²) in [4.78, 5) is 17.0. The molecule has 35 heavy (non-hydrogen) atoms. The van der Waals surface area contributed by atoms with Gasteiger partial charge >= 0.3 is 0 Å². The van der Waals surface area contributed by atoms with E-state index in [4.69, 9.17) is 9.15 Å². The van der Waals surface area contributed by atoms with Crippen LogP contribution in [0.25, 0.3) is 16.5 Å². The van der Waals surface area contributed by atoms with Crippen LogP contribution < -0.4 is 9.64 Å². The van der Waals surface area contributed by atoms with Crippen molar-refractivity contribution in [3.63, 3.8) is 0 Å². The van der Waals surface area contributed by atoms with E-state index in [9.17, 15) is 9.18 Å². The maximum Gasteiger partial charge on any atom is 0.246 e. The van der Waals surface area contributed by atoms with E-state index in [2.05, 4.69) is 6.07 Å². The number of carbonyl (C=O) groups is 1. The number of aryl methyl sites for hydroxylation is 3. The highest BCUT2D eigenvalue weighted by molar-refractivity contribution is 5.98. The Morgan fingerprint density at radius 3 is 2.63 bits per heavy atom. The van der Waals surface area contributed by atoms with Crippen LogP contribution in [0.5, 0.6) is 5.75 Å². The largest absolute Gasteiger partial charge is 0.493 e. The van der Waals surface area contributed by atoms with E-state index in [0.29, 0.717) is 38.5 Å². The summed E-state index contributed by atoms with van der Waals surface area (Å²) in [6.45, 7) is 8.86. The lowest BCUT2D eigenvalue weighted by atomic mass is 9.93. The van der Waals surface area contributed by atoms with Gasteiger partial charge in [-0.25, -0.2) is 4.39 Å². The Kier molecular flexibility index (Phi) is 6.54. The molecule has 1 aliphatic carbocycles. The molecule has 0 atom stereocenters. The summed E-state index contributed by atoms with van der Waals surface area (Å²) in [5.74, 6) is 1.64. The summed E-state index contributed by atoms with van der Waals surface area (Å²) in [5.41, 5.74) is 5.64. The molecule has 0 radical (unpaired) electrons. The van der Waals surface area contributed by atoms with Crippen LogP contribution in [0.4, 0.5) is 10.1 Å². The molecule has 1 fully saturated rings. The van der Waals surface area contributed by atoms with Gasteiger partial charge < -0.3 is 19.0 Å². The molecule has 5 rings (SSSR count). The van der Waals surface area contributed by atoms with Crippen molar-refractivity contribution < 1.29 is 18.3 Å². The Morgan fingerprint density at radius 2 is 1.89 bits per heavy atom. The number of piperazine rings is 1. The van der Waals surface area contributed by atoms with E-state index in [1.807, 2.05) is 36.6 Å². The Bertz CT molecular complexity index is 1280. The average molecular weight is 477 g/mol. The SMILES string of the molecule is CCOc1c(/C(C)=C/C(=O)N2CCN(c3ccccc3F)CC2)cc2c3c(oc2c1C)CCCC3. The predicted molar refractivity (Wildman–Crippen MR) is 138 cm³/mol. The Morgan fingerprint density at radius 1 is 1.14 bits per heavy atom. The van der Waals surface area contributed by atoms with Crippen LogP contribution in [0, 0.1) is 12.7 Å². The lowest BCUT2D eigenvalue weighted by Crippen LogP contribution is -2.48. The minimum absolute atomic E-state index is 0.0231. The molecule has 1 amide bonds. The molecular formula is C29H33FN2O3. The van der Waals surface area contributed by atoms with Crippen molar-refractivity contribution in [2.24, 2.45) is 0 Å². The molecule has 0 saturated carbocycles. The van der Waals surface area contributed by atoms with Crippen molar-refractivity contribution in [3.05, 3.63) is 64.7 Å². The number of benzene rings is 2. The molecule has 2 aliphatic rings. The Labute approximate surface area is 206 Å². The lowest BCUT2D eigenvalue weighted by molar-refractivity contribution is -0.126. The number of furan rings is 1. The summed E-state index contributed by atoms with van der Waals surface area (Å²) in [6.07, 6.45) is 6.07. The fraction of sp³-hybridized carbons (Fsp3) is 0.414. The van der Waals surface area contributed by atoms with Crippen LogP contribution in [0.1, 0.15) is 49.1 Å². The van der Waals surface area contributed by atoms with E-state index in [-0.39, 0.29) is 11.7 Å². The van der Waals surface area contributed by atoms with Crippen LogP contribution in [0.15, 0.2) is 40.8 Å². The maximum absolute atomic E-state index is 14.2. The highest BCUT2D eigenvalue weighted by Gasteiger charge is 2.25. The molecule has 0 unspecified atom stereocenters. The molecule has 184 valence electrons. The van der Waals surface area contributed by atoms with Crippen molar-refractivity contribution in [1.29, 1.82) is 0 Å². The summed E-state index contributed by atoms with van der Waals surface area (Å²) in [6, 6.07) is 8.95. The van der Waals surface area contributed by atoms with Crippen LogP contribution in [0.2, 0.25) is 0 Å². The number of rotatable bonds is 5. The Hall–Kier alpha value is -3.28. The number of anilines is 1. The molecule has 2 heterocycles. The smallest absolute Gasteiger partial charge is 0.246 e. The van der Waals surface area contributed by atoms with Crippen molar-refractivity contribution in [2.75, 3.05) is 37.7 Å². The molecule has 1 aromatic heterocycles. The van der Waals surface area contributed by atoms with Gasteiger partial charge in [0.25, 0.3) is 0 Å². The number of fused-ring (bicyclic) bond motifs is 3. The quantitative estimate of drug-likeness (QED) is 0.430. The second kappa shape index (κ2) is 9.76. The van der Waals surface area contributed by atoms with Crippen LogP contribution in [-0.4, -0.2) is 43.6 Å². The van der Waals surface area contributed by atoms with Crippen molar-refractivity contribution in [1.82, 2.24) is 4.90 Å². The average Bonchev–Trinajstić information content (AvgIpc) is 3.25. The summed E-state index contributed by atoms with van der Waals surface area (Å²) >= 11 is 0. The minimum atomic E-state index is -0.223. The zero-order chi connectivity index (χ0) is 24.5. The van der Waals surface area contributed by atoms with Gasteiger partial charge in [0.2, 0.25) is 5.91 Å². The van der Waals surface area contributed by atoms with Gasteiger partial charge in [-0.15, -0.1) is 0 Å². The molecule has 2 aromatic carbocycles. The fourth-order valence-electron chi connectivity index (χ4n) is 5.39. The zero-order valence-electron chi connectivity index (χ0n) is 20.8. The van der Waals surface area contributed by atoms with Gasteiger partial charge in [-0.2, -0.15) is 0 Å². The first kappa shape index (κ1) is 23.5. The van der Waals surface area contributed by atoms with Gasteiger partial charge in [0.1, 0.15) is 22.9 Å². The first-order chi connectivity index (χ1) is 17.0. The molecule has 1 aliphatic heterocycles. The minimum Gasteiger partial charge on any atom is -0.493 e.